The van der Waals surface area contributed by atoms with Gasteiger partial charge in [-0.1, -0.05) is 6.07 Å². The Morgan fingerprint density at radius 1 is 1.35 bits per heavy atom. The molecule has 0 fully saturated rings. The van der Waals surface area contributed by atoms with Gasteiger partial charge >= 0.3 is 0 Å². The van der Waals surface area contributed by atoms with Crippen molar-refractivity contribution >= 4 is 5.65 Å². The van der Waals surface area contributed by atoms with Gasteiger partial charge in [-0.25, -0.2) is 4.98 Å². The summed E-state index contributed by atoms with van der Waals surface area (Å²) in [5.74, 6) is 0. The van der Waals surface area contributed by atoms with Gasteiger partial charge < -0.3 is 4.40 Å². The lowest BCUT2D eigenvalue weighted by atomic mass is 10.1. The van der Waals surface area contributed by atoms with Crippen LogP contribution in [0.25, 0.3) is 5.65 Å². The predicted octanol–water partition coefficient (Wildman–Crippen LogP) is 2.41. The minimum atomic E-state index is 0.610. The summed E-state index contributed by atoms with van der Waals surface area (Å²) >= 11 is 0. The Balaban J connectivity index is 2.12. The van der Waals surface area contributed by atoms with E-state index in [1.807, 2.05) is 0 Å². The fourth-order valence-electron chi connectivity index (χ4n) is 2.63. The molecule has 0 amide bonds. The highest BCUT2D eigenvalue weighted by Gasteiger charge is 2.23. The molecule has 0 atom stereocenters. The lowest BCUT2D eigenvalue weighted by Gasteiger charge is -2.29. The Morgan fingerprint density at radius 2 is 2.18 bits per heavy atom. The molecule has 0 N–H and O–H groups in total. The van der Waals surface area contributed by atoms with Crippen molar-refractivity contribution in [1.82, 2.24) is 14.3 Å². The molecule has 1 aliphatic heterocycles. The number of hydrogen-bond donors (Lipinski definition) is 0. The Bertz CT molecular complexity index is 554. The maximum Gasteiger partial charge on any atom is 0.140 e. The molecule has 2 aromatic heterocycles. The third kappa shape index (κ3) is 1.65. The van der Waals surface area contributed by atoms with Crippen molar-refractivity contribution in [1.29, 1.82) is 0 Å². The molecule has 0 bridgehead atoms. The molecule has 3 nitrogen and oxygen atoms in total. The second kappa shape index (κ2) is 3.84. The van der Waals surface area contributed by atoms with Crippen LogP contribution in [0.15, 0.2) is 18.3 Å². The largest absolute Gasteiger partial charge is 0.302 e. The summed E-state index contributed by atoms with van der Waals surface area (Å²) in [6.07, 6.45) is 3.21. The van der Waals surface area contributed by atoms with Crippen LogP contribution < -0.4 is 0 Å². The van der Waals surface area contributed by atoms with E-state index in [-0.39, 0.29) is 0 Å². The van der Waals surface area contributed by atoms with Crippen LogP contribution in [0.3, 0.4) is 0 Å². The number of fused-ring (bicyclic) bond motifs is 3. The molecule has 3 heteroatoms. The van der Waals surface area contributed by atoms with Gasteiger partial charge in [0, 0.05) is 31.7 Å². The number of pyridine rings is 1. The van der Waals surface area contributed by atoms with Gasteiger partial charge in [-0.05, 0) is 32.4 Å². The minimum Gasteiger partial charge on any atom is -0.302 e. The molecular weight excluding hydrogens is 210 g/mol. The average molecular weight is 229 g/mol. The van der Waals surface area contributed by atoms with Gasteiger partial charge in [-0.2, -0.15) is 0 Å². The van der Waals surface area contributed by atoms with Crippen LogP contribution in [-0.2, 0) is 13.0 Å². The van der Waals surface area contributed by atoms with Gasteiger partial charge in [-0.15, -0.1) is 0 Å². The van der Waals surface area contributed by atoms with E-state index in [4.69, 9.17) is 4.98 Å². The zero-order valence-corrected chi connectivity index (χ0v) is 10.8. The van der Waals surface area contributed by atoms with Gasteiger partial charge in [-0.3, -0.25) is 4.90 Å². The lowest BCUT2D eigenvalue weighted by Crippen LogP contribution is -2.36. The fourth-order valence-corrected chi connectivity index (χ4v) is 2.63. The van der Waals surface area contributed by atoms with Crippen LogP contribution in [0, 0.1) is 6.92 Å². The van der Waals surface area contributed by atoms with Crippen LogP contribution in [-0.4, -0.2) is 26.9 Å². The average Bonchev–Trinajstić information content (AvgIpc) is 2.68. The van der Waals surface area contributed by atoms with Crippen molar-refractivity contribution in [2.45, 2.75) is 39.8 Å². The molecule has 0 saturated carbocycles. The third-order valence-electron chi connectivity index (χ3n) is 3.75. The second-order valence-electron chi connectivity index (χ2n) is 5.20. The molecule has 0 unspecified atom stereocenters. The van der Waals surface area contributed by atoms with Gasteiger partial charge in [0.1, 0.15) is 5.65 Å². The van der Waals surface area contributed by atoms with Gasteiger partial charge in [0.2, 0.25) is 0 Å². The van der Waals surface area contributed by atoms with E-state index in [2.05, 4.69) is 48.4 Å². The van der Waals surface area contributed by atoms with Crippen molar-refractivity contribution < 1.29 is 0 Å². The van der Waals surface area contributed by atoms with E-state index in [9.17, 15) is 0 Å². The summed E-state index contributed by atoms with van der Waals surface area (Å²) in [6.45, 7) is 8.82. The van der Waals surface area contributed by atoms with Crippen LogP contribution in [0.2, 0.25) is 0 Å². The summed E-state index contributed by atoms with van der Waals surface area (Å²) in [5.41, 5.74) is 5.06. The second-order valence-corrected chi connectivity index (χ2v) is 5.20. The molecule has 0 aromatic carbocycles. The molecule has 0 spiro atoms. The molecule has 17 heavy (non-hydrogen) atoms. The van der Waals surface area contributed by atoms with Crippen molar-refractivity contribution in [2.24, 2.45) is 0 Å². The zero-order valence-electron chi connectivity index (χ0n) is 10.8. The van der Waals surface area contributed by atoms with Crippen LogP contribution in [0.5, 0.6) is 0 Å². The highest BCUT2D eigenvalue weighted by atomic mass is 15.2. The first kappa shape index (κ1) is 10.8. The van der Waals surface area contributed by atoms with Crippen molar-refractivity contribution in [3.05, 3.63) is 35.3 Å². The number of nitrogens with zero attached hydrogens (tertiary/aromatic N) is 3. The molecule has 0 aliphatic carbocycles. The SMILES string of the molecule is Cc1cccn2c3c(nc12)CCN(C(C)C)C3. The first-order valence-electron chi connectivity index (χ1n) is 6.36. The molecule has 90 valence electrons. The Kier molecular flexibility index (Phi) is 2.44. The summed E-state index contributed by atoms with van der Waals surface area (Å²) in [4.78, 5) is 7.30. The number of imidazole rings is 1. The topological polar surface area (TPSA) is 20.5 Å². The normalized spacial score (nSPS) is 16.7. The molecular formula is C14H19N3. The van der Waals surface area contributed by atoms with E-state index >= 15 is 0 Å². The molecule has 3 heterocycles. The smallest absolute Gasteiger partial charge is 0.140 e. The maximum atomic E-state index is 4.78. The number of rotatable bonds is 1. The van der Waals surface area contributed by atoms with E-state index in [0.29, 0.717) is 6.04 Å². The van der Waals surface area contributed by atoms with Crippen LogP contribution in [0.4, 0.5) is 0 Å². The lowest BCUT2D eigenvalue weighted by molar-refractivity contribution is 0.199. The quantitative estimate of drug-likeness (QED) is 0.748. The minimum absolute atomic E-state index is 0.610. The molecule has 2 aromatic rings. The first-order chi connectivity index (χ1) is 8.16. The first-order valence-corrected chi connectivity index (χ1v) is 6.36. The third-order valence-corrected chi connectivity index (χ3v) is 3.75. The summed E-state index contributed by atoms with van der Waals surface area (Å²) in [7, 11) is 0. The molecule has 0 radical (unpaired) electrons. The Hall–Kier alpha value is -1.35. The number of hydrogen-bond acceptors (Lipinski definition) is 2. The van der Waals surface area contributed by atoms with Gasteiger partial charge in [0.15, 0.2) is 0 Å². The zero-order chi connectivity index (χ0) is 12.0. The van der Waals surface area contributed by atoms with Gasteiger partial charge in [0.05, 0.1) is 11.4 Å². The highest BCUT2D eigenvalue weighted by molar-refractivity contribution is 5.50. The Morgan fingerprint density at radius 3 is 2.94 bits per heavy atom. The molecule has 1 aliphatic rings. The molecule has 0 saturated heterocycles. The standard InChI is InChI=1S/C14H19N3/c1-10(2)16-8-6-12-13(9-16)17-7-4-5-11(3)14(17)15-12/h4-5,7,10H,6,8-9H2,1-3H3. The number of aryl methyl sites for hydroxylation is 1. The predicted molar refractivity (Wildman–Crippen MR) is 69.2 cm³/mol. The summed E-state index contributed by atoms with van der Waals surface area (Å²) in [5, 5.41) is 0. The highest BCUT2D eigenvalue weighted by Crippen LogP contribution is 2.23. The van der Waals surface area contributed by atoms with Crippen LogP contribution in [0.1, 0.15) is 30.8 Å². The molecule has 3 rings (SSSR count). The van der Waals surface area contributed by atoms with Crippen molar-refractivity contribution in [3.63, 3.8) is 0 Å². The van der Waals surface area contributed by atoms with E-state index < -0.39 is 0 Å². The van der Waals surface area contributed by atoms with E-state index in [0.717, 1.165) is 25.2 Å². The Labute approximate surface area is 102 Å². The fraction of sp³-hybridized carbons (Fsp3) is 0.500. The van der Waals surface area contributed by atoms with Gasteiger partial charge in [0.25, 0.3) is 0 Å². The maximum absolute atomic E-state index is 4.78. The summed E-state index contributed by atoms with van der Waals surface area (Å²) in [6, 6.07) is 4.85. The van der Waals surface area contributed by atoms with E-state index in [1.165, 1.54) is 17.0 Å². The summed E-state index contributed by atoms with van der Waals surface area (Å²) < 4.78 is 2.26. The van der Waals surface area contributed by atoms with Crippen molar-refractivity contribution in [2.75, 3.05) is 6.54 Å². The van der Waals surface area contributed by atoms with Crippen LogP contribution >= 0.6 is 0 Å². The van der Waals surface area contributed by atoms with Crippen molar-refractivity contribution in [3.8, 4) is 0 Å². The monoisotopic (exact) mass is 229 g/mol. The van der Waals surface area contributed by atoms with E-state index in [1.54, 1.807) is 0 Å². The number of aromatic nitrogens is 2.